The lowest BCUT2D eigenvalue weighted by molar-refractivity contribution is -0.0450. The highest BCUT2D eigenvalue weighted by Crippen LogP contribution is 2.57. The standard InChI is InChI=1S/C20H24N11O9PS2/c21-15-13-16(24-5-23-15)30(6-25-13)12-2-9-11(38-12)4-36-41(33,42)39-10-1-8(3-27-43(34,35)40-9)37-19(10)31-7-26-14-17(31)28-20(22)29-18(14)32/h5-12,19,27H,1-4H2,(H,33,42)(H2,21,23,24)(H3,22,28,29,32)/t8-,9-,10+,11+,12+,19+,41-/m0/s1. The van der Waals surface area contributed by atoms with E-state index in [1.54, 1.807) is 4.57 Å². The topological polar surface area (TPSA) is 269 Å². The third-order valence-corrected chi connectivity index (χ3v) is 9.82. The van der Waals surface area contributed by atoms with Gasteiger partial charge in [-0.1, -0.05) is 12.2 Å². The fourth-order valence-corrected chi connectivity index (χ4v) is 7.76. The number of fused-ring (bicyclic) bond motifs is 5. The summed E-state index contributed by atoms with van der Waals surface area (Å²) in [5.41, 5.74) is 11.8. The number of ether oxygens (including phenoxy) is 2. The molecular weight excluding hydrogens is 633 g/mol. The summed E-state index contributed by atoms with van der Waals surface area (Å²) in [7, 11) is -4.35. The highest BCUT2D eigenvalue weighted by Gasteiger charge is 2.46. The molecule has 3 aliphatic heterocycles. The van der Waals surface area contributed by atoms with Gasteiger partial charge in [-0.2, -0.15) is 18.1 Å². The van der Waals surface area contributed by atoms with Gasteiger partial charge >= 0.3 is 17.1 Å². The van der Waals surface area contributed by atoms with Gasteiger partial charge in [0, 0.05) is 19.4 Å². The molecule has 0 saturated carbocycles. The average molecular weight is 658 g/mol. The van der Waals surface area contributed by atoms with Crippen molar-refractivity contribution in [2.24, 2.45) is 0 Å². The predicted molar refractivity (Wildman–Crippen MR) is 149 cm³/mol. The minimum Gasteiger partial charge on any atom is -0.382 e. The minimum absolute atomic E-state index is 0.0207. The van der Waals surface area contributed by atoms with Crippen LogP contribution in [0.4, 0.5) is 11.8 Å². The van der Waals surface area contributed by atoms with Crippen LogP contribution in [0.3, 0.4) is 0 Å². The number of nitrogens with two attached hydrogens (primary N) is 2. The van der Waals surface area contributed by atoms with Crippen LogP contribution < -0.4 is 21.7 Å². The molecule has 4 aromatic rings. The zero-order valence-electron chi connectivity index (χ0n) is 21.8. The molecule has 0 amide bonds. The lowest BCUT2D eigenvalue weighted by Gasteiger charge is -2.25. The maximum Gasteiger partial charge on any atom is 0.386 e. The summed E-state index contributed by atoms with van der Waals surface area (Å²) in [4.78, 5) is 35.2. The predicted octanol–water partition coefficient (Wildman–Crippen LogP) is -0.628. The Balaban J connectivity index is 1.17. The molecule has 0 aliphatic carbocycles. The third kappa shape index (κ3) is 5.38. The van der Waals surface area contributed by atoms with Crippen molar-refractivity contribution in [3.8, 4) is 0 Å². The second-order valence-electron chi connectivity index (χ2n) is 9.95. The van der Waals surface area contributed by atoms with Crippen LogP contribution in [0.1, 0.15) is 25.3 Å². The molecule has 3 aliphatic rings. The minimum atomic E-state index is -4.35. The molecule has 7 rings (SSSR count). The van der Waals surface area contributed by atoms with Gasteiger partial charge in [0.05, 0.1) is 25.4 Å². The van der Waals surface area contributed by atoms with Gasteiger partial charge in [0.25, 0.3) is 5.56 Å². The van der Waals surface area contributed by atoms with E-state index in [1.165, 1.54) is 23.5 Å². The van der Waals surface area contributed by atoms with Crippen LogP contribution in [-0.2, 0) is 37.6 Å². The second-order valence-corrected chi connectivity index (χ2v) is 14.2. The molecule has 7 atom stereocenters. The van der Waals surface area contributed by atoms with Crippen LogP contribution in [0.2, 0.25) is 0 Å². The summed E-state index contributed by atoms with van der Waals surface area (Å²) < 4.78 is 73.8. The number of imidazole rings is 2. The van der Waals surface area contributed by atoms with Crippen molar-refractivity contribution in [1.29, 1.82) is 0 Å². The molecule has 3 fully saturated rings. The molecule has 0 aromatic carbocycles. The van der Waals surface area contributed by atoms with E-state index < -0.39 is 66.1 Å². The monoisotopic (exact) mass is 657 g/mol. The Morgan fingerprint density at radius 2 is 1.79 bits per heavy atom. The van der Waals surface area contributed by atoms with Crippen LogP contribution in [0, 0.1) is 0 Å². The SMILES string of the molecule is Nc1nc2c(ncn2[C@@H]2O[C@@H]3CNS(=O)(=O)O[C@H]4C[C@H](n5cnc6c(N)ncnc65)O[C@@H]4CO[P@](=O)(S)O[C@@H]2C3)c(=O)[nH]1. The first-order valence-corrected chi connectivity index (χ1v) is 16.9. The van der Waals surface area contributed by atoms with Crippen molar-refractivity contribution < 1.29 is 35.7 Å². The van der Waals surface area contributed by atoms with E-state index in [4.69, 9.17) is 34.2 Å². The molecule has 0 unspecified atom stereocenters. The van der Waals surface area contributed by atoms with Crippen molar-refractivity contribution in [2.75, 3.05) is 24.6 Å². The molecule has 43 heavy (non-hydrogen) atoms. The Morgan fingerprint density at radius 1 is 1.00 bits per heavy atom. The van der Waals surface area contributed by atoms with Gasteiger partial charge in [0.1, 0.15) is 36.4 Å². The van der Waals surface area contributed by atoms with Gasteiger partial charge in [-0.05, 0) is 0 Å². The normalized spacial score (nSPS) is 33.1. The van der Waals surface area contributed by atoms with Gasteiger partial charge < -0.3 is 20.9 Å². The van der Waals surface area contributed by atoms with Gasteiger partial charge in [-0.3, -0.25) is 32.1 Å². The number of H-pyrrole nitrogens is 1. The zero-order valence-corrected chi connectivity index (χ0v) is 24.4. The number of hydrogen-bond donors (Lipinski definition) is 5. The molecule has 230 valence electrons. The molecule has 6 N–H and O–H groups in total. The molecule has 0 spiro atoms. The first kappa shape index (κ1) is 28.6. The van der Waals surface area contributed by atoms with E-state index in [1.807, 2.05) is 0 Å². The summed E-state index contributed by atoms with van der Waals surface area (Å²) >= 11 is 4.15. The van der Waals surface area contributed by atoms with E-state index in [2.05, 4.69) is 46.9 Å². The highest BCUT2D eigenvalue weighted by atomic mass is 32.7. The highest BCUT2D eigenvalue weighted by molar-refractivity contribution is 8.44. The van der Waals surface area contributed by atoms with Crippen LogP contribution in [-0.4, -0.2) is 85.0 Å². The van der Waals surface area contributed by atoms with Gasteiger partial charge in [-0.25, -0.2) is 24.5 Å². The Labute approximate surface area is 246 Å². The van der Waals surface area contributed by atoms with Gasteiger partial charge in [0.15, 0.2) is 28.9 Å². The number of anilines is 2. The molecule has 2 bridgehead atoms. The van der Waals surface area contributed by atoms with Crippen molar-refractivity contribution in [2.45, 2.75) is 49.7 Å². The van der Waals surface area contributed by atoms with Crippen molar-refractivity contribution in [1.82, 2.24) is 43.8 Å². The Hall–Kier alpha value is -3.21. The van der Waals surface area contributed by atoms with E-state index in [0.29, 0.717) is 11.2 Å². The first-order valence-electron chi connectivity index (χ1n) is 12.8. The van der Waals surface area contributed by atoms with Gasteiger partial charge in [0.2, 0.25) is 5.95 Å². The largest absolute Gasteiger partial charge is 0.386 e. The molecule has 23 heteroatoms. The van der Waals surface area contributed by atoms with Crippen LogP contribution in [0.5, 0.6) is 0 Å². The number of rotatable bonds is 2. The maximum absolute atomic E-state index is 13.4. The number of nitrogen functional groups attached to an aromatic ring is 2. The molecule has 0 radical (unpaired) electrons. The number of thiol groups is 1. The summed E-state index contributed by atoms with van der Waals surface area (Å²) in [6, 6.07) is 0. The fraction of sp³-hybridized carbons (Fsp3) is 0.500. The number of aromatic amines is 1. The number of nitrogens with zero attached hydrogens (tertiary/aromatic N) is 7. The van der Waals surface area contributed by atoms with Crippen LogP contribution in [0.15, 0.2) is 23.8 Å². The van der Waals surface area contributed by atoms with E-state index >= 15 is 0 Å². The quantitative estimate of drug-likeness (QED) is 0.133. The van der Waals surface area contributed by atoms with E-state index in [0.717, 1.165) is 0 Å². The van der Waals surface area contributed by atoms with Crippen LogP contribution >= 0.6 is 19.0 Å². The second kappa shape index (κ2) is 10.5. The Kier molecular flexibility index (Phi) is 6.94. The van der Waals surface area contributed by atoms with Crippen molar-refractivity contribution in [3.05, 3.63) is 29.3 Å². The number of aromatic nitrogens is 8. The Bertz CT molecular complexity index is 1930. The molecule has 4 aromatic heterocycles. The molecule has 7 heterocycles. The average Bonchev–Trinajstić information content (AvgIpc) is 3.71. The molecular formula is C20H24N11O9PS2. The summed E-state index contributed by atoms with van der Waals surface area (Å²) in [6.07, 6.45) is -1.63. The summed E-state index contributed by atoms with van der Waals surface area (Å²) in [6.45, 7) is -4.76. The third-order valence-electron chi connectivity index (χ3n) is 7.16. The van der Waals surface area contributed by atoms with Crippen molar-refractivity contribution in [3.63, 3.8) is 0 Å². The van der Waals surface area contributed by atoms with E-state index in [9.17, 15) is 17.8 Å². The maximum atomic E-state index is 13.4. The summed E-state index contributed by atoms with van der Waals surface area (Å²) in [5, 5.41) is 0. The number of hydrogen-bond acceptors (Lipinski definition) is 16. The lowest BCUT2D eigenvalue weighted by atomic mass is 10.2. The smallest absolute Gasteiger partial charge is 0.382 e. The van der Waals surface area contributed by atoms with Gasteiger partial charge in [-0.15, -0.1) is 0 Å². The molecule has 20 nitrogen and oxygen atoms in total. The van der Waals surface area contributed by atoms with E-state index in [-0.39, 0.29) is 42.3 Å². The van der Waals surface area contributed by atoms with Crippen LogP contribution in [0.25, 0.3) is 22.3 Å². The Morgan fingerprint density at radius 3 is 2.63 bits per heavy atom. The lowest BCUT2D eigenvalue weighted by Crippen LogP contribution is -2.38. The number of nitrogens with one attached hydrogen (secondary N) is 2. The van der Waals surface area contributed by atoms with Crippen molar-refractivity contribution >= 4 is 63.4 Å². The molecule has 3 saturated heterocycles. The first-order chi connectivity index (χ1) is 20.5. The zero-order chi connectivity index (χ0) is 30.1. The summed E-state index contributed by atoms with van der Waals surface area (Å²) in [5.74, 6) is -0.000681. The fourth-order valence-electron chi connectivity index (χ4n) is 5.28.